The lowest BCUT2D eigenvalue weighted by atomic mass is 9.88. The van der Waals surface area contributed by atoms with Crippen molar-refractivity contribution in [3.8, 4) is 0 Å². The molecule has 0 aliphatic heterocycles. The Bertz CT molecular complexity index is 1590. The van der Waals surface area contributed by atoms with Crippen molar-refractivity contribution < 1.29 is 4.74 Å². The normalized spacial score (nSPS) is 14.3. The Balaban J connectivity index is 0.00000400. The summed E-state index contributed by atoms with van der Waals surface area (Å²) in [6, 6.07) is 45.0. The van der Waals surface area contributed by atoms with Gasteiger partial charge in [-0.05, 0) is 71.7 Å². The Morgan fingerprint density at radius 3 is 1.96 bits per heavy atom. The van der Waals surface area contributed by atoms with E-state index in [1.807, 2.05) is 12.1 Å². The summed E-state index contributed by atoms with van der Waals surface area (Å²) < 4.78 is 6.44. The van der Waals surface area contributed by atoms with Gasteiger partial charge in [-0.1, -0.05) is 145 Å². The summed E-state index contributed by atoms with van der Waals surface area (Å²) in [5.74, 6) is 0.293. The third-order valence-electron chi connectivity index (χ3n) is 8.81. The molecule has 1 unspecified atom stereocenters. The quantitative estimate of drug-likeness (QED) is 0.132. The minimum Gasteiger partial charge on any atom is -0.373 e. The molecule has 1 atom stereocenters. The molecule has 0 bridgehead atoms. The molecule has 0 saturated carbocycles. The maximum Gasteiger partial charge on any atom is 0.0735 e. The summed E-state index contributed by atoms with van der Waals surface area (Å²) in [5, 5.41) is 1.42. The summed E-state index contributed by atoms with van der Waals surface area (Å²) in [6.45, 7) is 2.84. The van der Waals surface area contributed by atoms with E-state index in [0.29, 0.717) is 24.1 Å². The lowest BCUT2D eigenvalue weighted by molar-refractivity contribution is 0.0319. The number of fused-ring (bicyclic) bond motifs is 1. The van der Waals surface area contributed by atoms with Gasteiger partial charge in [0.15, 0.2) is 0 Å². The molecule has 0 radical (unpaired) electrons. The predicted molar refractivity (Wildman–Crippen MR) is 191 cm³/mol. The van der Waals surface area contributed by atoms with Crippen LogP contribution >= 0.6 is 35.6 Å². The van der Waals surface area contributed by atoms with E-state index in [2.05, 4.69) is 120 Å². The van der Waals surface area contributed by atoms with Crippen molar-refractivity contribution >= 4 is 35.6 Å². The van der Waals surface area contributed by atoms with Crippen LogP contribution in [-0.2, 0) is 37.3 Å². The van der Waals surface area contributed by atoms with E-state index in [1.165, 1.54) is 27.8 Å². The molecular weight excluding hydrogens is 617 g/mol. The van der Waals surface area contributed by atoms with E-state index >= 15 is 0 Å². The number of hydrogen-bond acceptors (Lipinski definition) is 2. The molecule has 5 heteroatoms. The van der Waals surface area contributed by atoms with Crippen molar-refractivity contribution in [2.75, 3.05) is 6.54 Å². The van der Waals surface area contributed by atoms with Gasteiger partial charge in [-0.2, -0.15) is 0 Å². The smallest absolute Gasteiger partial charge is 0.0735 e. The Morgan fingerprint density at radius 1 is 0.689 bits per heavy atom. The second-order valence-electron chi connectivity index (χ2n) is 11.8. The minimum atomic E-state index is 0. The molecule has 6 rings (SSSR count). The highest BCUT2D eigenvalue weighted by Gasteiger charge is 2.22. The van der Waals surface area contributed by atoms with Crippen LogP contribution < -0.4 is 0 Å². The van der Waals surface area contributed by atoms with Crippen LogP contribution in [0.4, 0.5) is 0 Å². The van der Waals surface area contributed by atoms with Crippen LogP contribution in [0.5, 0.6) is 0 Å². The van der Waals surface area contributed by atoms with Crippen molar-refractivity contribution in [2.45, 2.75) is 57.4 Å². The van der Waals surface area contributed by atoms with Gasteiger partial charge in [0.2, 0.25) is 0 Å². The first-order valence-corrected chi connectivity index (χ1v) is 16.4. The average molecular weight is 657 g/mol. The highest BCUT2D eigenvalue weighted by Crippen LogP contribution is 2.33. The van der Waals surface area contributed by atoms with Gasteiger partial charge in [0.05, 0.1) is 17.7 Å². The highest BCUT2D eigenvalue weighted by atomic mass is 35.5. The highest BCUT2D eigenvalue weighted by molar-refractivity contribution is 6.36. The minimum absolute atomic E-state index is 0. The number of benzene rings is 5. The third-order valence-corrected chi connectivity index (χ3v) is 9.64. The van der Waals surface area contributed by atoms with Crippen molar-refractivity contribution in [3.63, 3.8) is 0 Å². The van der Waals surface area contributed by atoms with Crippen molar-refractivity contribution in [2.24, 2.45) is 0 Å². The molecule has 1 aliphatic carbocycles. The number of hydrogen-bond donors (Lipinski definition) is 0. The number of ether oxygens (including phenoxy) is 1. The number of halogens is 3. The third kappa shape index (κ3) is 8.79. The van der Waals surface area contributed by atoms with E-state index < -0.39 is 0 Å². The Labute approximate surface area is 284 Å². The fourth-order valence-corrected chi connectivity index (χ4v) is 6.95. The molecule has 45 heavy (non-hydrogen) atoms. The van der Waals surface area contributed by atoms with Crippen LogP contribution in [0.2, 0.25) is 10.0 Å². The van der Waals surface area contributed by atoms with Gasteiger partial charge in [0.25, 0.3) is 0 Å². The van der Waals surface area contributed by atoms with E-state index in [4.69, 9.17) is 27.9 Å². The fraction of sp³-hybridized carbons (Fsp3) is 0.250. The standard InChI is InChI=1S/C40H39Cl2NO.ClH/c41-39-23-21-35(29-44-36-22-20-31-14-10-11-19-34(31)26-36)40(42)38(39)28-43(27-30-12-4-1-5-13-30)25-24-37(32-15-6-2-7-16-32)33-17-8-3-9-18-33;/h1-19,21,23,36-37H,20,22,24-29H2;1H. The molecule has 5 aromatic rings. The van der Waals surface area contributed by atoms with Crippen LogP contribution in [0.15, 0.2) is 127 Å². The van der Waals surface area contributed by atoms with Gasteiger partial charge in [-0.15, -0.1) is 12.4 Å². The monoisotopic (exact) mass is 655 g/mol. The molecule has 0 heterocycles. The molecule has 0 saturated heterocycles. The number of nitrogens with zero attached hydrogens (tertiary/aromatic N) is 1. The second-order valence-corrected chi connectivity index (χ2v) is 12.6. The van der Waals surface area contributed by atoms with Crippen LogP contribution in [0.3, 0.4) is 0 Å². The summed E-state index contributed by atoms with van der Waals surface area (Å²) in [6.07, 6.45) is 4.21. The Hall–Kier alpha value is -3.11. The number of aryl methyl sites for hydroxylation is 1. The average Bonchev–Trinajstić information content (AvgIpc) is 3.07. The predicted octanol–water partition coefficient (Wildman–Crippen LogP) is 10.7. The molecule has 1 aliphatic rings. The first kappa shape index (κ1) is 33.3. The van der Waals surface area contributed by atoms with Crippen LogP contribution in [-0.4, -0.2) is 17.5 Å². The van der Waals surface area contributed by atoms with Crippen molar-refractivity contribution in [1.82, 2.24) is 4.90 Å². The Morgan fingerprint density at radius 2 is 1.29 bits per heavy atom. The first-order valence-electron chi connectivity index (χ1n) is 15.6. The second kappa shape index (κ2) is 16.5. The van der Waals surface area contributed by atoms with Gasteiger partial charge in [0.1, 0.15) is 0 Å². The molecule has 0 aromatic heterocycles. The van der Waals surface area contributed by atoms with E-state index in [0.717, 1.165) is 54.9 Å². The van der Waals surface area contributed by atoms with Gasteiger partial charge >= 0.3 is 0 Å². The molecular formula is C40H40Cl3NO. The van der Waals surface area contributed by atoms with E-state index in [-0.39, 0.29) is 18.5 Å². The van der Waals surface area contributed by atoms with Gasteiger partial charge in [0, 0.05) is 29.6 Å². The molecule has 232 valence electrons. The molecule has 0 N–H and O–H groups in total. The van der Waals surface area contributed by atoms with Gasteiger partial charge in [-0.25, -0.2) is 0 Å². The SMILES string of the molecule is Cl.Clc1ccc(COC2CCc3ccccc3C2)c(Cl)c1CN(CCC(c1ccccc1)c1ccccc1)Cc1ccccc1. The van der Waals surface area contributed by atoms with Crippen LogP contribution in [0.1, 0.15) is 57.7 Å². The molecule has 0 amide bonds. The van der Waals surface area contributed by atoms with Crippen molar-refractivity contribution in [1.29, 1.82) is 0 Å². The molecule has 5 aromatic carbocycles. The maximum absolute atomic E-state index is 7.12. The zero-order valence-electron chi connectivity index (χ0n) is 25.5. The summed E-state index contributed by atoms with van der Waals surface area (Å²) in [5.41, 5.74) is 8.74. The summed E-state index contributed by atoms with van der Waals surface area (Å²) in [7, 11) is 0. The van der Waals surface area contributed by atoms with Crippen LogP contribution in [0, 0.1) is 0 Å². The van der Waals surface area contributed by atoms with E-state index in [1.54, 1.807) is 0 Å². The summed E-state index contributed by atoms with van der Waals surface area (Å²) in [4.78, 5) is 2.48. The summed E-state index contributed by atoms with van der Waals surface area (Å²) >= 11 is 14.0. The zero-order chi connectivity index (χ0) is 30.1. The molecule has 0 spiro atoms. The first-order chi connectivity index (χ1) is 21.6. The molecule has 0 fully saturated rings. The fourth-order valence-electron chi connectivity index (χ4n) is 6.40. The molecule has 2 nitrogen and oxygen atoms in total. The van der Waals surface area contributed by atoms with Gasteiger partial charge in [-0.3, -0.25) is 4.90 Å². The largest absolute Gasteiger partial charge is 0.373 e. The Kier molecular flexibility index (Phi) is 12.2. The van der Waals surface area contributed by atoms with Crippen LogP contribution in [0.25, 0.3) is 0 Å². The number of rotatable bonds is 12. The maximum atomic E-state index is 7.12. The lowest BCUT2D eigenvalue weighted by Crippen LogP contribution is -2.26. The topological polar surface area (TPSA) is 12.5 Å². The van der Waals surface area contributed by atoms with Gasteiger partial charge < -0.3 is 4.74 Å². The van der Waals surface area contributed by atoms with E-state index in [9.17, 15) is 0 Å². The van der Waals surface area contributed by atoms with Crippen molar-refractivity contribution in [3.05, 3.63) is 176 Å². The zero-order valence-corrected chi connectivity index (χ0v) is 27.8. The lowest BCUT2D eigenvalue weighted by Gasteiger charge is -2.28.